The Balaban J connectivity index is 1.81. The van der Waals surface area contributed by atoms with Crippen molar-refractivity contribution in [3.63, 3.8) is 0 Å². The van der Waals surface area contributed by atoms with E-state index < -0.39 is 0 Å². The predicted octanol–water partition coefficient (Wildman–Crippen LogP) is 6.12. The minimum absolute atomic E-state index is 0.252. The number of nitrogens with zero attached hydrogens (tertiary/aromatic N) is 1. The highest BCUT2D eigenvalue weighted by atomic mass is 35.5. The molecule has 0 aliphatic carbocycles. The molecule has 0 unspecified atom stereocenters. The van der Waals surface area contributed by atoms with Crippen LogP contribution in [0.15, 0.2) is 72.8 Å². The zero-order chi connectivity index (χ0) is 20.4. The monoisotopic (exact) mass is 402 g/mol. The number of anilines is 1. The number of rotatable bonds is 4. The summed E-state index contributed by atoms with van der Waals surface area (Å²) in [4.78, 5) is 18.0. The molecular formula is C24H19ClN2O2. The van der Waals surface area contributed by atoms with Crippen LogP contribution in [0.5, 0.6) is 5.75 Å². The van der Waals surface area contributed by atoms with Gasteiger partial charge in [-0.25, -0.2) is 4.98 Å². The molecule has 0 aliphatic rings. The van der Waals surface area contributed by atoms with Crippen LogP contribution in [0.2, 0.25) is 5.02 Å². The van der Waals surface area contributed by atoms with Crippen molar-refractivity contribution >= 4 is 34.1 Å². The summed E-state index contributed by atoms with van der Waals surface area (Å²) in [5.41, 5.74) is 4.67. The number of carbonyl (C=O) groups is 1. The molecule has 1 N–H and O–H groups in total. The van der Waals surface area contributed by atoms with E-state index in [1.807, 2.05) is 61.5 Å². The molecule has 0 saturated heterocycles. The van der Waals surface area contributed by atoms with Gasteiger partial charge < -0.3 is 10.1 Å². The third-order valence-corrected chi connectivity index (χ3v) is 4.95. The van der Waals surface area contributed by atoms with Crippen LogP contribution in [0.1, 0.15) is 15.9 Å². The number of hydrogen-bond acceptors (Lipinski definition) is 3. The van der Waals surface area contributed by atoms with Gasteiger partial charge in [-0.3, -0.25) is 4.79 Å². The summed E-state index contributed by atoms with van der Waals surface area (Å²) >= 11 is 6.10. The summed E-state index contributed by atoms with van der Waals surface area (Å²) in [6.07, 6.45) is 0. The van der Waals surface area contributed by atoms with Crippen LogP contribution in [0, 0.1) is 6.92 Å². The minimum Gasteiger partial charge on any atom is -0.495 e. The number of aromatic nitrogens is 1. The van der Waals surface area contributed by atoms with Gasteiger partial charge in [0.1, 0.15) is 5.75 Å². The van der Waals surface area contributed by atoms with E-state index in [1.54, 1.807) is 25.3 Å². The van der Waals surface area contributed by atoms with E-state index >= 15 is 0 Å². The van der Waals surface area contributed by atoms with Gasteiger partial charge in [0.05, 0.1) is 29.6 Å². The average molecular weight is 403 g/mol. The lowest BCUT2D eigenvalue weighted by Gasteiger charge is -2.13. The van der Waals surface area contributed by atoms with Crippen LogP contribution in [0.25, 0.3) is 22.2 Å². The van der Waals surface area contributed by atoms with Crippen molar-refractivity contribution < 1.29 is 9.53 Å². The van der Waals surface area contributed by atoms with Crippen LogP contribution in [0.3, 0.4) is 0 Å². The van der Waals surface area contributed by atoms with Gasteiger partial charge in [0.15, 0.2) is 0 Å². The van der Waals surface area contributed by atoms with Crippen molar-refractivity contribution in [3.8, 4) is 17.0 Å². The van der Waals surface area contributed by atoms with E-state index in [-0.39, 0.29) is 5.91 Å². The molecule has 0 saturated carbocycles. The highest BCUT2D eigenvalue weighted by Gasteiger charge is 2.16. The molecule has 4 nitrogen and oxygen atoms in total. The Labute approximate surface area is 174 Å². The molecule has 1 heterocycles. The SMILES string of the molecule is COc1ccc(Cl)cc1NC(=O)c1cc(-c2ccc(C)cc2)nc2ccccc12. The summed E-state index contributed by atoms with van der Waals surface area (Å²) < 4.78 is 5.34. The highest BCUT2D eigenvalue weighted by Crippen LogP contribution is 2.30. The fourth-order valence-electron chi connectivity index (χ4n) is 3.20. The molecule has 1 amide bonds. The molecule has 0 radical (unpaired) electrons. The van der Waals surface area contributed by atoms with E-state index in [2.05, 4.69) is 5.32 Å². The van der Waals surface area contributed by atoms with Crippen LogP contribution in [-0.2, 0) is 0 Å². The zero-order valence-corrected chi connectivity index (χ0v) is 16.8. The lowest BCUT2D eigenvalue weighted by molar-refractivity contribution is 0.102. The van der Waals surface area contributed by atoms with Gasteiger partial charge in [0.25, 0.3) is 5.91 Å². The van der Waals surface area contributed by atoms with Crippen LogP contribution in [-0.4, -0.2) is 18.0 Å². The van der Waals surface area contributed by atoms with Gasteiger partial charge in [0, 0.05) is 16.0 Å². The Bertz CT molecular complexity index is 1200. The summed E-state index contributed by atoms with van der Waals surface area (Å²) in [5, 5.41) is 4.22. The number of fused-ring (bicyclic) bond motifs is 1. The van der Waals surface area contributed by atoms with E-state index in [0.717, 1.165) is 22.2 Å². The number of aryl methyl sites for hydroxylation is 1. The molecule has 3 aromatic carbocycles. The molecule has 1 aromatic heterocycles. The second-order valence-corrected chi connectivity index (χ2v) is 7.17. The molecule has 144 valence electrons. The van der Waals surface area contributed by atoms with Crippen molar-refractivity contribution in [1.29, 1.82) is 0 Å². The Morgan fingerprint density at radius 2 is 1.76 bits per heavy atom. The van der Waals surface area contributed by atoms with Gasteiger partial charge in [-0.1, -0.05) is 59.6 Å². The van der Waals surface area contributed by atoms with Crippen molar-refractivity contribution in [3.05, 3.63) is 88.9 Å². The van der Waals surface area contributed by atoms with E-state index in [0.29, 0.717) is 22.0 Å². The smallest absolute Gasteiger partial charge is 0.256 e. The third kappa shape index (κ3) is 3.93. The molecule has 4 rings (SSSR count). The topological polar surface area (TPSA) is 51.2 Å². The number of hydrogen-bond donors (Lipinski definition) is 1. The Hall–Kier alpha value is -3.37. The molecule has 0 atom stereocenters. The van der Waals surface area contributed by atoms with Gasteiger partial charge >= 0.3 is 0 Å². The normalized spacial score (nSPS) is 10.7. The molecule has 0 aliphatic heterocycles. The summed E-state index contributed by atoms with van der Waals surface area (Å²) in [6, 6.07) is 22.6. The number of halogens is 1. The third-order valence-electron chi connectivity index (χ3n) is 4.72. The lowest BCUT2D eigenvalue weighted by Crippen LogP contribution is -2.14. The molecule has 4 aromatic rings. The number of para-hydroxylation sites is 1. The van der Waals surface area contributed by atoms with E-state index in [1.165, 1.54) is 5.56 Å². The standard InChI is InChI=1S/C24H19ClN2O2/c1-15-7-9-16(10-8-15)21-14-19(18-5-3-4-6-20(18)26-21)24(28)27-22-13-17(25)11-12-23(22)29-2/h3-14H,1-2H3,(H,27,28). The number of methoxy groups -OCH3 is 1. The van der Waals surface area contributed by atoms with E-state index in [4.69, 9.17) is 21.3 Å². The number of nitrogens with one attached hydrogen (secondary N) is 1. The molecule has 5 heteroatoms. The van der Waals surface area contributed by atoms with Crippen molar-refractivity contribution in [2.45, 2.75) is 6.92 Å². The molecule has 0 bridgehead atoms. The van der Waals surface area contributed by atoms with Gasteiger partial charge in [-0.05, 0) is 37.3 Å². The maximum absolute atomic E-state index is 13.2. The number of benzene rings is 3. The fourth-order valence-corrected chi connectivity index (χ4v) is 3.38. The second kappa shape index (κ2) is 7.94. The first-order chi connectivity index (χ1) is 14.0. The van der Waals surface area contributed by atoms with E-state index in [9.17, 15) is 4.79 Å². The highest BCUT2D eigenvalue weighted by molar-refractivity contribution is 6.31. The molecular weight excluding hydrogens is 384 g/mol. The fraction of sp³-hybridized carbons (Fsp3) is 0.0833. The van der Waals surface area contributed by atoms with Crippen LogP contribution >= 0.6 is 11.6 Å². The first kappa shape index (κ1) is 19.0. The van der Waals surface area contributed by atoms with Gasteiger partial charge in [-0.2, -0.15) is 0 Å². The molecule has 0 spiro atoms. The maximum atomic E-state index is 13.2. The Morgan fingerprint density at radius 3 is 2.52 bits per heavy atom. The summed E-state index contributed by atoms with van der Waals surface area (Å²) in [7, 11) is 1.55. The van der Waals surface area contributed by atoms with Crippen LogP contribution in [0.4, 0.5) is 5.69 Å². The molecule has 0 fully saturated rings. The predicted molar refractivity (Wildman–Crippen MR) is 118 cm³/mol. The second-order valence-electron chi connectivity index (χ2n) is 6.74. The van der Waals surface area contributed by atoms with Crippen LogP contribution < -0.4 is 10.1 Å². The molecule has 29 heavy (non-hydrogen) atoms. The summed E-state index contributed by atoms with van der Waals surface area (Å²) in [6.45, 7) is 2.04. The quantitative estimate of drug-likeness (QED) is 0.447. The van der Waals surface area contributed by atoms with Gasteiger partial charge in [0.2, 0.25) is 0 Å². The van der Waals surface area contributed by atoms with Gasteiger partial charge in [-0.15, -0.1) is 0 Å². The number of ether oxygens (including phenoxy) is 1. The Morgan fingerprint density at radius 1 is 1.00 bits per heavy atom. The summed E-state index contributed by atoms with van der Waals surface area (Å²) in [5.74, 6) is 0.289. The first-order valence-electron chi connectivity index (χ1n) is 9.17. The number of amides is 1. The number of pyridine rings is 1. The minimum atomic E-state index is -0.252. The maximum Gasteiger partial charge on any atom is 0.256 e. The largest absolute Gasteiger partial charge is 0.495 e. The van der Waals surface area contributed by atoms with Crippen molar-refractivity contribution in [2.24, 2.45) is 0 Å². The lowest BCUT2D eigenvalue weighted by atomic mass is 10.0. The van der Waals surface area contributed by atoms with Crippen molar-refractivity contribution in [1.82, 2.24) is 4.98 Å². The van der Waals surface area contributed by atoms with Crippen molar-refractivity contribution in [2.75, 3.05) is 12.4 Å². The zero-order valence-electron chi connectivity index (χ0n) is 16.1. The Kier molecular flexibility index (Phi) is 5.19. The first-order valence-corrected chi connectivity index (χ1v) is 9.54. The number of carbonyl (C=O) groups excluding carboxylic acids is 1. The average Bonchev–Trinajstić information content (AvgIpc) is 2.73.